The molecule has 1 N–H and O–H groups in total. The van der Waals surface area contributed by atoms with Crippen molar-refractivity contribution in [2.45, 2.75) is 18.9 Å². The van der Waals surface area contributed by atoms with E-state index in [0.29, 0.717) is 12.6 Å². The number of halogens is 1. The van der Waals surface area contributed by atoms with E-state index in [2.05, 4.69) is 33.4 Å². The molecule has 0 atom stereocenters. The third-order valence-electron chi connectivity index (χ3n) is 4.93. The Labute approximate surface area is 151 Å². The summed E-state index contributed by atoms with van der Waals surface area (Å²) in [5, 5.41) is 5.93. The van der Waals surface area contributed by atoms with Gasteiger partial charge in [0.15, 0.2) is 0 Å². The number of carbonyl (C=O) groups excluding carboxylic acids is 1. The average molecular weight is 352 g/mol. The topological polar surface area (TPSA) is 50.2 Å². The molecule has 3 heterocycles. The van der Waals surface area contributed by atoms with Crippen LogP contribution in [0.4, 0.5) is 10.1 Å². The van der Waals surface area contributed by atoms with E-state index in [9.17, 15) is 9.18 Å². The van der Waals surface area contributed by atoms with Crippen molar-refractivity contribution in [3.63, 3.8) is 0 Å². The van der Waals surface area contributed by atoms with Gasteiger partial charge >= 0.3 is 0 Å². The van der Waals surface area contributed by atoms with Gasteiger partial charge in [-0.2, -0.15) is 0 Å². The molecule has 5 nitrogen and oxygen atoms in total. The Morgan fingerprint density at radius 3 is 2.85 bits per heavy atom. The van der Waals surface area contributed by atoms with Crippen LogP contribution in [-0.2, 0) is 0 Å². The van der Waals surface area contributed by atoms with Crippen LogP contribution in [0.3, 0.4) is 0 Å². The molecule has 134 valence electrons. The van der Waals surface area contributed by atoms with Crippen molar-refractivity contribution < 1.29 is 9.18 Å². The zero-order valence-corrected chi connectivity index (χ0v) is 14.4. The third-order valence-corrected chi connectivity index (χ3v) is 4.93. The van der Waals surface area contributed by atoms with Crippen LogP contribution in [-0.4, -0.2) is 46.0 Å². The van der Waals surface area contributed by atoms with Crippen molar-refractivity contribution in [1.82, 2.24) is 14.5 Å². The van der Waals surface area contributed by atoms with Gasteiger partial charge in [0.1, 0.15) is 5.82 Å². The normalized spacial score (nSPS) is 16.0. The first-order valence-corrected chi connectivity index (χ1v) is 8.87. The van der Waals surface area contributed by atoms with E-state index in [0.717, 1.165) is 37.0 Å². The molecule has 1 aromatic carbocycles. The van der Waals surface area contributed by atoms with Gasteiger partial charge in [0, 0.05) is 55.0 Å². The van der Waals surface area contributed by atoms with Gasteiger partial charge in [-0.15, -0.1) is 0 Å². The predicted octanol–water partition coefficient (Wildman–Crippen LogP) is 3.39. The highest BCUT2D eigenvalue weighted by Crippen LogP contribution is 2.24. The van der Waals surface area contributed by atoms with E-state index in [-0.39, 0.29) is 11.7 Å². The van der Waals surface area contributed by atoms with Crippen LogP contribution < -0.4 is 5.32 Å². The summed E-state index contributed by atoms with van der Waals surface area (Å²) in [6.45, 7) is 2.01. The van der Waals surface area contributed by atoms with Crippen LogP contribution in [0.25, 0.3) is 10.8 Å². The number of likely N-dealkylation sites (tertiary alicyclic amines) is 1. The molecule has 1 aliphatic heterocycles. The lowest BCUT2D eigenvalue weighted by Crippen LogP contribution is -2.42. The van der Waals surface area contributed by atoms with Crippen molar-refractivity contribution in [3.8, 4) is 0 Å². The number of piperidine rings is 1. The van der Waals surface area contributed by atoms with Crippen molar-refractivity contribution in [2.75, 3.05) is 25.0 Å². The van der Waals surface area contributed by atoms with E-state index < -0.39 is 0 Å². The molecule has 0 radical (unpaired) electrons. The fourth-order valence-corrected chi connectivity index (χ4v) is 3.49. The fraction of sp³-hybridized carbons (Fsp3) is 0.300. The number of nitrogens with one attached hydrogen (secondary N) is 1. The Balaban J connectivity index is 1.34. The molecule has 26 heavy (non-hydrogen) atoms. The molecule has 2 aromatic heterocycles. The molecule has 0 aliphatic carbocycles. The zero-order valence-electron chi connectivity index (χ0n) is 14.4. The summed E-state index contributed by atoms with van der Waals surface area (Å²) in [6, 6.07) is 9.90. The maximum Gasteiger partial charge on any atom is 0.244 e. The van der Waals surface area contributed by atoms with Gasteiger partial charge in [0.2, 0.25) is 5.91 Å². The molecule has 3 aromatic rings. The number of pyridine rings is 1. The molecule has 0 bridgehead atoms. The first-order valence-electron chi connectivity index (χ1n) is 8.87. The van der Waals surface area contributed by atoms with Crippen LogP contribution in [0.15, 0.2) is 55.1 Å². The lowest BCUT2D eigenvalue weighted by molar-refractivity contribution is 0.0829. The van der Waals surface area contributed by atoms with E-state index in [1.165, 1.54) is 28.4 Å². The number of hydrogen-bond donors (Lipinski definition) is 1. The predicted molar refractivity (Wildman–Crippen MR) is 99.8 cm³/mol. The lowest BCUT2D eigenvalue weighted by Gasteiger charge is -2.32. The van der Waals surface area contributed by atoms with Crippen LogP contribution in [0.1, 0.15) is 17.6 Å². The zero-order chi connectivity index (χ0) is 17.9. The molecule has 1 saturated heterocycles. The van der Waals surface area contributed by atoms with Gasteiger partial charge in [-0.05, 0) is 36.4 Å². The molecule has 1 aliphatic rings. The molecule has 0 amide bonds. The Bertz CT molecular complexity index is 910. The largest absolute Gasteiger partial charge is 0.382 e. The van der Waals surface area contributed by atoms with E-state index >= 15 is 0 Å². The van der Waals surface area contributed by atoms with Gasteiger partial charge in [0.25, 0.3) is 0 Å². The van der Waals surface area contributed by atoms with Gasteiger partial charge in [-0.3, -0.25) is 19.2 Å². The van der Waals surface area contributed by atoms with Gasteiger partial charge in [0.05, 0.1) is 6.54 Å². The SMILES string of the molecule is O=C(CN1CCC(Nc2cccc3ccncc23)CC1)n1ccc(F)c1. The monoisotopic (exact) mass is 352 g/mol. The number of carbonyl (C=O) groups is 1. The van der Waals surface area contributed by atoms with Crippen molar-refractivity contribution in [3.05, 3.63) is 60.9 Å². The number of hydrogen-bond acceptors (Lipinski definition) is 4. The first-order chi connectivity index (χ1) is 12.7. The summed E-state index contributed by atoms with van der Waals surface area (Å²) < 4.78 is 14.4. The maximum absolute atomic E-state index is 13.0. The second-order valence-corrected chi connectivity index (χ2v) is 6.73. The highest BCUT2D eigenvalue weighted by atomic mass is 19.1. The minimum Gasteiger partial charge on any atom is -0.382 e. The second-order valence-electron chi connectivity index (χ2n) is 6.73. The number of rotatable bonds is 4. The number of anilines is 1. The summed E-state index contributed by atoms with van der Waals surface area (Å²) >= 11 is 0. The summed E-state index contributed by atoms with van der Waals surface area (Å²) in [6.07, 6.45) is 8.32. The molecule has 4 rings (SSSR count). The van der Waals surface area contributed by atoms with E-state index in [1.54, 1.807) is 6.20 Å². The van der Waals surface area contributed by atoms with Gasteiger partial charge in [-0.1, -0.05) is 12.1 Å². The Hall–Kier alpha value is -2.73. The maximum atomic E-state index is 13.0. The first kappa shape index (κ1) is 16.7. The minimum atomic E-state index is -0.383. The summed E-state index contributed by atoms with van der Waals surface area (Å²) in [5.74, 6) is -0.480. The highest BCUT2D eigenvalue weighted by molar-refractivity contribution is 5.93. The minimum absolute atomic E-state index is 0.0968. The standard InChI is InChI=1S/C20H21FN4O/c21-16-5-11-25(13-16)20(26)14-24-9-6-17(7-10-24)23-19-3-1-2-15-4-8-22-12-18(15)19/h1-5,8,11-13,17,23H,6-7,9-10,14H2. The van der Waals surface area contributed by atoms with Gasteiger partial charge in [-0.25, -0.2) is 4.39 Å². The average Bonchev–Trinajstić information content (AvgIpc) is 3.10. The molecule has 0 spiro atoms. The molecular weight excluding hydrogens is 331 g/mol. The van der Waals surface area contributed by atoms with E-state index in [4.69, 9.17) is 0 Å². The number of nitrogens with zero attached hydrogens (tertiary/aromatic N) is 3. The van der Waals surface area contributed by atoms with Gasteiger partial charge < -0.3 is 5.32 Å². The number of benzene rings is 1. The Morgan fingerprint density at radius 1 is 1.23 bits per heavy atom. The summed E-state index contributed by atoms with van der Waals surface area (Å²) in [5.41, 5.74) is 1.10. The highest BCUT2D eigenvalue weighted by Gasteiger charge is 2.21. The van der Waals surface area contributed by atoms with E-state index in [1.807, 2.05) is 12.3 Å². The van der Waals surface area contributed by atoms with Crippen LogP contribution in [0, 0.1) is 5.82 Å². The fourth-order valence-electron chi connectivity index (χ4n) is 3.49. The smallest absolute Gasteiger partial charge is 0.244 e. The Kier molecular flexibility index (Phi) is 4.67. The van der Waals surface area contributed by atoms with Crippen molar-refractivity contribution in [2.24, 2.45) is 0 Å². The summed E-state index contributed by atoms with van der Waals surface area (Å²) in [7, 11) is 0. The van der Waals surface area contributed by atoms with Crippen LogP contribution in [0.5, 0.6) is 0 Å². The molecule has 0 saturated carbocycles. The number of fused-ring (bicyclic) bond motifs is 1. The summed E-state index contributed by atoms with van der Waals surface area (Å²) in [4.78, 5) is 18.5. The van der Waals surface area contributed by atoms with Crippen molar-refractivity contribution >= 4 is 22.4 Å². The van der Waals surface area contributed by atoms with Crippen LogP contribution >= 0.6 is 0 Å². The second kappa shape index (κ2) is 7.25. The Morgan fingerprint density at radius 2 is 2.08 bits per heavy atom. The molecule has 6 heteroatoms. The quantitative estimate of drug-likeness (QED) is 0.782. The third kappa shape index (κ3) is 3.60. The molecule has 1 fully saturated rings. The van der Waals surface area contributed by atoms with Crippen molar-refractivity contribution in [1.29, 1.82) is 0 Å². The molecule has 0 unspecified atom stereocenters. The number of aromatic nitrogens is 2. The van der Waals surface area contributed by atoms with Crippen LogP contribution in [0.2, 0.25) is 0 Å². The molecular formula is C20H21FN4O. The lowest BCUT2D eigenvalue weighted by atomic mass is 10.0.